The predicted molar refractivity (Wildman–Crippen MR) is 121 cm³/mol. The summed E-state index contributed by atoms with van der Waals surface area (Å²) >= 11 is 0. The molecular weight excluding hydrogens is 392 g/mol. The third kappa shape index (κ3) is 6.31. The standard InChI is InChI=1S/C24H30N4O3/c1-17(2)21(27-22(29)18-9-5-3-6-10-18)23(30)25-20-13-15-28(16-14-20)24(31)26-19-11-7-4-8-12-19/h3-12,17,20-21H,13-16H2,1-2H3,(H,25,30)(H,26,31)(H,27,29)/t21-/m1/s1. The van der Waals surface area contributed by atoms with E-state index in [4.69, 9.17) is 0 Å². The van der Waals surface area contributed by atoms with E-state index in [1.807, 2.05) is 50.2 Å². The number of para-hydroxylation sites is 1. The van der Waals surface area contributed by atoms with E-state index < -0.39 is 6.04 Å². The molecule has 0 spiro atoms. The molecule has 1 fully saturated rings. The Hall–Kier alpha value is -3.35. The number of rotatable bonds is 6. The molecule has 2 aromatic rings. The minimum atomic E-state index is -0.618. The van der Waals surface area contributed by atoms with E-state index in [2.05, 4.69) is 16.0 Å². The highest BCUT2D eigenvalue weighted by Gasteiger charge is 2.29. The van der Waals surface area contributed by atoms with E-state index in [1.165, 1.54) is 0 Å². The summed E-state index contributed by atoms with van der Waals surface area (Å²) in [6, 6.07) is 17.4. The fourth-order valence-corrected chi connectivity index (χ4v) is 3.59. The minimum absolute atomic E-state index is 0.0249. The van der Waals surface area contributed by atoms with Crippen molar-refractivity contribution in [2.45, 2.75) is 38.8 Å². The monoisotopic (exact) mass is 422 g/mol. The molecular formula is C24H30N4O3. The zero-order chi connectivity index (χ0) is 22.2. The molecule has 164 valence electrons. The van der Waals surface area contributed by atoms with Crippen molar-refractivity contribution in [1.29, 1.82) is 0 Å². The molecule has 2 aromatic carbocycles. The van der Waals surface area contributed by atoms with Crippen molar-refractivity contribution in [2.75, 3.05) is 18.4 Å². The van der Waals surface area contributed by atoms with Gasteiger partial charge < -0.3 is 20.9 Å². The second-order valence-electron chi connectivity index (χ2n) is 8.13. The first kappa shape index (κ1) is 22.3. The highest BCUT2D eigenvalue weighted by molar-refractivity contribution is 5.97. The number of hydrogen-bond donors (Lipinski definition) is 3. The minimum Gasteiger partial charge on any atom is -0.351 e. The first-order chi connectivity index (χ1) is 14.9. The summed E-state index contributed by atoms with van der Waals surface area (Å²) in [5, 5.41) is 8.79. The molecule has 7 heteroatoms. The highest BCUT2D eigenvalue weighted by atomic mass is 16.2. The number of amides is 4. The summed E-state index contributed by atoms with van der Waals surface area (Å²) in [5.41, 5.74) is 1.29. The Morgan fingerprint density at radius 2 is 1.48 bits per heavy atom. The molecule has 0 aromatic heterocycles. The van der Waals surface area contributed by atoms with Gasteiger partial charge in [-0.1, -0.05) is 50.2 Å². The third-order valence-electron chi connectivity index (χ3n) is 5.43. The van der Waals surface area contributed by atoms with Gasteiger partial charge in [-0.05, 0) is 43.0 Å². The van der Waals surface area contributed by atoms with E-state index in [0.717, 1.165) is 5.69 Å². The van der Waals surface area contributed by atoms with Crippen LogP contribution in [0.25, 0.3) is 0 Å². The summed E-state index contributed by atoms with van der Waals surface area (Å²) < 4.78 is 0. The van der Waals surface area contributed by atoms with Crippen LogP contribution in [-0.4, -0.2) is 47.9 Å². The van der Waals surface area contributed by atoms with Crippen molar-refractivity contribution >= 4 is 23.5 Å². The van der Waals surface area contributed by atoms with Crippen LogP contribution in [0.1, 0.15) is 37.0 Å². The largest absolute Gasteiger partial charge is 0.351 e. The molecule has 0 unspecified atom stereocenters. The molecule has 4 amide bonds. The number of nitrogens with one attached hydrogen (secondary N) is 3. The topological polar surface area (TPSA) is 90.5 Å². The van der Waals surface area contributed by atoms with Gasteiger partial charge in [-0.2, -0.15) is 0 Å². The smallest absolute Gasteiger partial charge is 0.321 e. The molecule has 7 nitrogen and oxygen atoms in total. The van der Waals surface area contributed by atoms with Crippen LogP contribution in [0.15, 0.2) is 60.7 Å². The maximum atomic E-state index is 12.9. The Kier molecular flexibility index (Phi) is 7.65. The van der Waals surface area contributed by atoms with Gasteiger partial charge in [-0.3, -0.25) is 9.59 Å². The summed E-state index contributed by atoms with van der Waals surface area (Å²) in [4.78, 5) is 39.5. The summed E-state index contributed by atoms with van der Waals surface area (Å²) in [6.07, 6.45) is 1.34. The normalized spacial score (nSPS) is 15.3. The average Bonchev–Trinajstić information content (AvgIpc) is 2.78. The lowest BCUT2D eigenvalue weighted by Gasteiger charge is -2.33. The second kappa shape index (κ2) is 10.6. The van der Waals surface area contributed by atoms with Crippen LogP contribution in [0.3, 0.4) is 0 Å². The van der Waals surface area contributed by atoms with E-state index >= 15 is 0 Å². The van der Waals surface area contributed by atoms with Gasteiger partial charge in [0.05, 0.1) is 0 Å². The van der Waals surface area contributed by atoms with Crippen LogP contribution in [-0.2, 0) is 4.79 Å². The number of carbonyl (C=O) groups excluding carboxylic acids is 3. The quantitative estimate of drug-likeness (QED) is 0.667. The van der Waals surface area contributed by atoms with Crippen molar-refractivity contribution in [1.82, 2.24) is 15.5 Å². The molecule has 0 aliphatic carbocycles. The number of anilines is 1. The third-order valence-corrected chi connectivity index (χ3v) is 5.43. The van der Waals surface area contributed by atoms with Crippen LogP contribution in [0.5, 0.6) is 0 Å². The van der Waals surface area contributed by atoms with Crippen molar-refractivity contribution in [3.05, 3.63) is 66.2 Å². The molecule has 1 heterocycles. The molecule has 1 saturated heterocycles. The fraction of sp³-hybridized carbons (Fsp3) is 0.375. The summed E-state index contributed by atoms with van der Waals surface area (Å²) in [6.45, 7) is 4.94. The maximum absolute atomic E-state index is 12.9. The van der Waals surface area contributed by atoms with Crippen LogP contribution < -0.4 is 16.0 Å². The van der Waals surface area contributed by atoms with Crippen molar-refractivity contribution in [3.63, 3.8) is 0 Å². The fourth-order valence-electron chi connectivity index (χ4n) is 3.59. The van der Waals surface area contributed by atoms with Crippen LogP contribution in [0.2, 0.25) is 0 Å². The first-order valence-electron chi connectivity index (χ1n) is 10.7. The van der Waals surface area contributed by atoms with E-state index in [-0.39, 0.29) is 29.8 Å². The predicted octanol–water partition coefficient (Wildman–Crippen LogP) is 3.25. The van der Waals surface area contributed by atoms with Gasteiger partial charge in [0.15, 0.2) is 0 Å². The Morgan fingerprint density at radius 3 is 2.06 bits per heavy atom. The number of benzene rings is 2. The Balaban J connectivity index is 1.49. The lowest BCUT2D eigenvalue weighted by Crippen LogP contribution is -2.54. The van der Waals surface area contributed by atoms with Gasteiger partial charge >= 0.3 is 6.03 Å². The lowest BCUT2D eigenvalue weighted by molar-refractivity contribution is -0.124. The molecule has 1 aliphatic heterocycles. The number of urea groups is 1. The Labute approximate surface area is 183 Å². The van der Waals surface area contributed by atoms with Crippen molar-refractivity contribution < 1.29 is 14.4 Å². The lowest BCUT2D eigenvalue weighted by atomic mass is 10.00. The van der Waals surface area contributed by atoms with Gasteiger partial charge in [-0.25, -0.2) is 4.79 Å². The number of nitrogens with zero attached hydrogens (tertiary/aromatic N) is 1. The van der Waals surface area contributed by atoms with Gasteiger partial charge in [0.2, 0.25) is 5.91 Å². The number of carbonyl (C=O) groups is 3. The average molecular weight is 423 g/mol. The van der Waals surface area contributed by atoms with Gasteiger partial charge in [0.1, 0.15) is 6.04 Å². The maximum Gasteiger partial charge on any atom is 0.321 e. The molecule has 0 bridgehead atoms. The van der Waals surface area contributed by atoms with E-state index in [0.29, 0.717) is 31.5 Å². The molecule has 3 N–H and O–H groups in total. The van der Waals surface area contributed by atoms with Crippen molar-refractivity contribution in [3.8, 4) is 0 Å². The van der Waals surface area contributed by atoms with Crippen LogP contribution in [0.4, 0.5) is 10.5 Å². The summed E-state index contributed by atoms with van der Waals surface area (Å²) in [5.74, 6) is -0.502. The molecule has 0 saturated carbocycles. The van der Waals surface area contributed by atoms with Crippen LogP contribution >= 0.6 is 0 Å². The van der Waals surface area contributed by atoms with E-state index in [1.54, 1.807) is 29.2 Å². The van der Waals surface area contributed by atoms with Crippen LogP contribution in [0, 0.1) is 5.92 Å². The molecule has 0 radical (unpaired) electrons. The zero-order valence-corrected chi connectivity index (χ0v) is 18.0. The number of hydrogen-bond acceptors (Lipinski definition) is 3. The number of likely N-dealkylation sites (tertiary alicyclic amines) is 1. The summed E-state index contributed by atoms with van der Waals surface area (Å²) in [7, 11) is 0. The van der Waals surface area contributed by atoms with E-state index in [9.17, 15) is 14.4 Å². The highest BCUT2D eigenvalue weighted by Crippen LogP contribution is 2.14. The molecule has 3 rings (SSSR count). The molecule has 1 aliphatic rings. The van der Waals surface area contributed by atoms with Gasteiger partial charge in [0, 0.05) is 30.4 Å². The van der Waals surface area contributed by atoms with Gasteiger partial charge in [0.25, 0.3) is 5.91 Å². The molecule has 1 atom stereocenters. The van der Waals surface area contributed by atoms with Gasteiger partial charge in [-0.15, -0.1) is 0 Å². The Morgan fingerprint density at radius 1 is 0.903 bits per heavy atom. The first-order valence-corrected chi connectivity index (χ1v) is 10.7. The SMILES string of the molecule is CC(C)[C@@H](NC(=O)c1ccccc1)C(=O)NC1CCN(C(=O)Nc2ccccc2)CC1. The van der Waals surface area contributed by atoms with Crippen molar-refractivity contribution in [2.24, 2.45) is 5.92 Å². The zero-order valence-electron chi connectivity index (χ0n) is 18.0. The molecule has 31 heavy (non-hydrogen) atoms. The number of piperidine rings is 1. The second-order valence-corrected chi connectivity index (χ2v) is 8.13. The Bertz CT molecular complexity index is 878.